The van der Waals surface area contributed by atoms with Gasteiger partial charge in [0.25, 0.3) is 5.91 Å². The average molecular weight is 393 g/mol. The lowest BCUT2D eigenvalue weighted by Gasteiger charge is -2.09. The summed E-state index contributed by atoms with van der Waals surface area (Å²) in [5.74, 6) is 0.291. The third kappa shape index (κ3) is 3.44. The van der Waals surface area contributed by atoms with Crippen LogP contribution in [0, 0.1) is 6.92 Å². The first-order valence-corrected chi connectivity index (χ1v) is 9.79. The minimum absolute atomic E-state index is 0.274. The van der Waals surface area contributed by atoms with Crippen LogP contribution in [0.3, 0.4) is 0 Å². The van der Waals surface area contributed by atoms with Crippen molar-refractivity contribution in [1.29, 1.82) is 0 Å². The topological polar surface area (TPSA) is 86.4 Å². The SMILES string of the molecule is CCOC(=O)c1cccc(NC(=O)c2oc3c(c2C)-c2nn(CC)cc2CC3)c1. The Balaban J connectivity index is 1.61. The second-order valence-corrected chi connectivity index (χ2v) is 6.97. The molecule has 150 valence electrons. The molecule has 0 atom stereocenters. The second kappa shape index (κ2) is 7.58. The summed E-state index contributed by atoms with van der Waals surface area (Å²) in [6.07, 6.45) is 3.65. The maximum Gasteiger partial charge on any atom is 0.338 e. The molecule has 2 aromatic heterocycles. The predicted molar refractivity (Wildman–Crippen MR) is 108 cm³/mol. The van der Waals surface area contributed by atoms with Crippen LogP contribution in [0.4, 0.5) is 5.69 Å². The number of rotatable bonds is 5. The first-order chi connectivity index (χ1) is 14.0. The first kappa shape index (κ1) is 19.0. The summed E-state index contributed by atoms with van der Waals surface area (Å²) in [6, 6.07) is 6.66. The summed E-state index contributed by atoms with van der Waals surface area (Å²) in [5.41, 5.74) is 4.67. The van der Waals surface area contributed by atoms with E-state index in [0.717, 1.165) is 42.0 Å². The molecule has 1 aliphatic carbocycles. The molecule has 0 bridgehead atoms. The molecule has 7 heteroatoms. The highest BCUT2D eigenvalue weighted by Crippen LogP contribution is 2.38. The molecule has 1 N–H and O–H groups in total. The van der Waals surface area contributed by atoms with Gasteiger partial charge in [0.2, 0.25) is 0 Å². The van der Waals surface area contributed by atoms with E-state index in [1.165, 1.54) is 5.56 Å². The van der Waals surface area contributed by atoms with Crippen molar-refractivity contribution in [1.82, 2.24) is 9.78 Å². The van der Waals surface area contributed by atoms with Crippen molar-refractivity contribution in [2.24, 2.45) is 0 Å². The van der Waals surface area contributed by atoms with E-state index in [1.54, 1.807) is 31.2 Å². The number of anilines is 1. The summed E-state index contributed by atoms with van der Waals surface area (Å²) in [7, 11) is 0. The highest BCUT2D eigenvalue weighted by molar-refractivity contribution is 6.05. The van der Waals surface area contributed by atoms with E-state index in [4.69, 9.17) is 9.15 Å². The number of esters is 1. The van der Waals surface area contributed by atoms with E-state index >= 15 is 0 Å². The number of ether oxygens (including phenoxy) is 1. The van der Waals surface area contributed by atoms with Gasteiger partial charge in [-0.15, -0.1) is 0 Å². The standard InChI is InChI=1S/C22H23N3O4/c1-4-25-12-15-9-10-17-18(19(15)24-25)13(3)20(29-17)21(26)23-16-8-6-7-14(11-16)22(27)28-5-2/h6-8,11-12H,4-5,9-10H2,1-3H3,(H,23,26). The van der Waals surface area contributed by atoms with Crippen LogP contribution in [0.15, 0.2) is 34.9 Å². The van der Waals surface area contributed by atoms with Crippen molar-refractivity contribution in [2.75, 3.05) is 11.9 Å². The molecular formula is C22H23N3O4. The van der Waals surface area contributed by atoms with Gasteiger partial charge in [0.15, 0.2) is 5.76 Å². The van der Waals surface area contributed by atoms with Crippen molar-refractivity contribution in [3.05, 3.63) is 58.7 Å². The highest BCUT2D eigenvalue weighted by Gasteiger charge is 2.29. The fraction of sp³-hybridized carbons (Fsp3) is 0.318. The number of nitrogens with one attached hydrogen (secondary N) is 1. The molecule has 4 rings (SSSR count). The Morgan fingerprint density at radius 1 is 1.28 bits per heavy atom. The predicted octanol–water partition coefficient (Wildman–Crippen LogP) is 4.00. The zero-order valence-corrected chi connectivity index (χ0v) is 16.7. The van der Waals surface area contributed by atoms with Gasteiger partial charge in [-0.25, -0.2) is 4.79 Å². The van der Waals surface area contributed by atoms with Crippen LogP contribution in [-0.2, 0) is 24.1 Å². The number of aryl methyl sites for hydroxylation is 3. The zero-order valence-electron chi connectivity index (χ0n) is 16.7. The number of carbonyl (C=O) groups is 2. The Bertz CT molecular complexity index is 1090. The maximum absolute atomic E-state index is 12.9. The molecule has 1 amide bonds. The van der Waals surface area contributed by atoms with Gasteiger partial charge in [-0.2, -0.15) is 5.10 Å². The van der Waals surface area contributed by atoms with Crippen molar-refractivity contribution in [3.8, 4) is 11.3 Å². The lowest BCUT2D eigenvalue weighted by Crippen LogP contribution is -2.13. The van der Waals surface area contributed by atoms with Gasteiger partial charge in [-0.1, -0.05) is 6.07 Å². The fourth-order valence-corrected chi connectivity index (χ4v) is 3.67. The van der Waals surface area contributed by atoms with Gasteiger partial charge < -0.3 is 14.5 Å². The van der Waals surface area contributed by atoms with Crippen molar-refractivity contribution < 1.29 is 18.7 Å². The summed E-state index contributed by atoms with van der Waals surface area (Å²) in [6.45, 7) is 6.77. The molecule has 2 heterocycles. The van der Waals surface area contributed by atoms with E-state index in [9.17, 15) is 9.59 Å². The van der Waals surface area contributed by atoms with Gasteiger partial charge in [0, 0.05) is 36.0 Å². The number of hydrogen-bond donors (Lipinski definition) is 1. The Morgan fingerprint density at radius 3 is 2.86 bits per heavy atom. The Hall–Kier alpha value is -3.35. The third-order valence-corrected chi connectivity index (χ3v) is 5.08. The second-order valence-electron chi connectivity index (χ2n) is 6.97. The summed E-state index contributed by atoms with van der Waals surface area (Å²) >= 11 is 0. The van der Waals surface area contributed by atoms with E-state index < -0.39 is 5.97 Å². The molecule has 0 saturated heterocycles. The lowest BCUT2D eigenvalue weighted by atomic mass is 9.93. The highest BCUT2D eigenvalue weighted by atomic mass is 16.5. The van der Waals surface area contributed by atoms with E-state index in [0.29, 0.717) is 17.9 Å². The number of furan rings is 1. The molecule has 0 unspecified atom stereocenters. The van der Waals surface area contributed by atoms with Gasteiger partial charge >= 0.3 is 5.97 Å². The van der Waals surface area contributed by atoms with Crippen molar-refractivity contribution in [3.63, 3.8) is 0 Å². The molecule has 1 aromatic carbocycles. The molecule has 29 heavy (non-hydrogen) atoms. The van der Waals surface area contributed by atoms with Crippen LogP contribution in [0.5, 0.6) is 0 Å². The monoisotopic (exact) mass is 393 g/mol. The van der Waals surface area contributed by atoms with Gasteiger partial charge in [-0.05, 0) is 51.0 Å². The molecule has 3 aromatic rings. The summed E-state index contributed by atoms with van der Waals surface area (Å²) in [4.78, 5) is 24.8. The van der Waals surface area contributed by atoms with Gasteiger partial charge in [0.1, 0.15) is 5.76 Å². The molecule has 0 fully saturated rings. The molecule has 0 saturated carbocycles. The number of aromatic nitrogens is 2. The fourth-order valence-electron chi connectivity index (χ4n) is 3.67. The minimum atomic E-state index is -0.424. The van der Waals surface area contributed by atoms with Crippen LogP contribution < -0.4 is 5.32 Å². The average Bonchev–Trinajstić information content (AvgIpc) is 3.29. The summed E-state index contributed by atoms with van der Waals surface area (Å²) < 4.78 is 12.9. The third-order valence-electron chi connectivity index (χ3n) is 5.08. The zero-order chi connectivity index (χ0) is 20.5. The molecular weight excluding hydrogens is 370 g/mol. The number of carbonyl (C=O) groups excluding carboxylic acids is 2. The lowest BCUT2D eigenvalue weighted by molar-refractivity contribution is 0.0526. The Labute approximate surface area is 168 Å². The molecule has 0 aliphatic heterocycles. The van der Waals surface area contributed by atoms with Gasteiger partial charge in [0.05, 0.1) is 17.9 Å². The van der Waals surface area contributed by atoms with E-state index in [-0.39, 0.29) is 11.7 Å². The maximum atomic E-state index is 12.9. The molecule has 0 spiro atoms. The van der Waals surface area contributed by atoms with Crippen LogP contribution in [-0.4, -0.2) is 28.3 Å². The Kier molecular flexibility index (Phi) is 4.96. The van der Waals surface area contributed by atoms with Crippen LogP contribution in [0.2, 0.25) is 0 Å². The van der Waals surface area contributed by atoms with Crippen LogP contribution in [0.25, 0.3) is 11.3 Å². The number of benzene rings is 1. The van der Waals surface area contributed by atoms with Crippen molar-refractivity contribution >= 4 is 17.6 Å². The van der Waals surface area contributed by atoms with E-state index in [2.05, 4.69) is 16.6 Å². The number of nitrogens with zero attached hydrogens (tertiary/aromatic N) is 2. The van der Waals surface area contributed by atoms with Crippen molar-refractivity contribution in [2.45, 2.75) is 40.2 Å². The minimum Gasteiger partial charge on any atom is -0.462 e. The number of amides is 1. The molecule has 0 radical (unpaired) electrons. The van der Waals surface area contributed by atoms with E-state index in [1.807, 2.05) is 18.5 Å². The number of hydrogen-bond acceptors (Lipinski definition) is 5. The first-order valence-electron chi connectivity index (χ1n) is 9.79. The largest absolute Gasteiger partial charge is 0.462 e. The quantitative estimate of drug-likeness (QED) is 0.662. The summed E-state index contributed by atoms with van der Waals surface area (Å²) in [5, 5.41) is 7.47. The van der Waals surface area contributed by atoms with Crippen LogP contribution >= 0.6 is 0 Å². The van der Waals surface area contributed by atoms with Gasteiger partial charge in [-0.3, -0.25) is 9.48 Å². The number of fused-ring (bicyclic) bond motifs is 3. The van der Waals surface area contributed by atoms with Crippen LogP contribution in [0.1, 0.15) is 51.6 Å². The molecule has 1 aliphatic rings. The normalized spacial score (nSPS) is 12.2. The molecule has 7 nitrogen and oxygen atoms in total. The Morgan fingerprint density at radius 2 is 2.10 bits per heavy atom. The smallest absolute Gasteiger partial charge is 0.338 e.